The molecule has 5 N–H and O–H groups in total. The number of H-pyrrole nitrogens is 1. The van der Waals surface area contributed by atoms with E-state index in [9.17, 15) is 4.79 Å². The Kier molecular flexibility index (Phi) is 4.94. The van der Waals surface area contributed by atoms with E-state index in [2.05, 4.69) is 34.7 Å². The number of hydrogen-bond donors (Lipinski definition) is 4. The van der Waals surface area contributed by atoms with Crippen molar-refractivity contribution in [2.24, 2.45) is 5.73 Å². The minimum absolute atomic E-state index is 0.0782. The van der Waals surface area contributed by atoms with Gasteiger partial charge in [0.05, 0.1) is 6.04 Å². The highest BCUT2D eigenvalue weighted by atomic mass is 16.6. The number of fused-ring (bicyclic) bond motifs is 1. The van der Waals surface area contributed by atoms with Crippen LogP contribution in [0.4, 0.5) is 4.79 Å². The van der Waals surface area contributed by atoms with Gasteiger partial charge in [0.25, 0.3) is 5.97 Å². The van der Waals surface area contributed by atoms with Gasteiger partial charge >= 0.3 is 6.09 Å². The summed E-state index contributed by atoms with van der Waals surface area (Å²) in [4.78, 5) is 23.4. The third-order valence-corrected chi connectivity index (χ3v) is 4.61. The first-order chi connectivity index (χ1) is 11.9. The van der Waals surface area contributed by atoms with Crippen molar-refractivity contribution in [2.75, 3.05) is 6.61 Å². The van der Waals surface area contributed by atoms with Crippen molar-refractivity contribution in [1.29, 1.82) is 0 Å². The summed E-state index contributed by atoms with van der Waals surface area (Å²) >= 11 is 0. The molecule has 1 aliphatic heterocycles. The predicted molar refractivity (Wildman–Crippen MR) is 93.5 cm³/mol. The van der Waals surface area contributed by atoms with Crippen LogP contribution in [0, 0.1) is 0 Å². The SMILES string of the molecule is CC(=O)O.N[C@H]1C[C@@H](c2c[nH]c3ccc(C[C@H]4COC(=O)N4)cc32)C1. The fraction of sp³-hybridized carbons (Fsp3) is 0.444. The number of cyclic esters (lactones) is 1. The average Bonchev–Trinajstić information content (AvgIpc) is 3.09. The monoisotopic (exact) mass is 345 g/mol. The average molecular weight is 345 g/mol. The largest absolute Gasteiger partial charge is 0.481 e. The molecule has 2 heterocycles. The minimum Gasteiger partial charge on any atom is -0.481 e. The zero-order valence-electron chi connectivity index (χ0n) is 14.1. The van der Waals surface area contributed by atoms with Crippen molar-refractivity contribution < 1.29 is 19.4 Å². The van der Waals surface area contributed by atoms with Gasteiger partial charge in [0.15, 0.2) is 0 Å². The highest BCUT2D eigenvalue weighted by molar-refractivity contribution is 5.84. The smallest absolute Gasteiger partial charge is 0.407 e. The molecule has 1 aliphatic carbocycles. The fourth-order valence-electron chi connectivity index (χ4n) is 3.39. The van der Waals surface area contributed by atoms with Crippen molar-refractivity contribution in [3.8, 4) is 0 Å². The molecule has 1 aromatic heterocycles. The zero-order chi connectivity index (χ0) is 18.0. The number of carbonyl (C=O) groups is 2. The summed E-state index contributed by atoms with van der Waals surface area (Å²) in [5.74, 6) is -0.251. The second-order valence-electron chi connectivity index (χ2n) is 6.72. The van der Waals surface area contributed by atoms with E-state index in [4.69, 9.17) is 20.4 Å². The molecular weight excluding hydrogens is 322 g/mol. The number of nitrogens with two attached hydrogens (primary N) is 1. The number of aromatic nitrogens is 1. The van der Waals surface area contributed by atoms with Crippen LogP contribution in [0.1, 0.15) is 36.8 Å². The molecule has 7 heteroatoms. The summed E-state index contributed by atoms with van der Waals surface area (Å²) < 4.78 is 4.94. The molecule has 7 nitrogen and oxygen atoms in total. The molecular formula is C18H23N3O4. The Morgan fingerprint density at radius 2 is 2.12 bits per heavy atom. The van der Waals surface area contributed by atoms with E-state index < -0.39 is 5.97 Å². The van der Waals surface area contributed by atoms with Crippen LogP contribution < -0.4 is 11.1 Å². The van der Waals surface area contributed by atoms with Crippen molar-refractivity contribution in [3.63, 3.8) is 0 Å². The van der Waals surface area contributed by atoms with E-state index in [1.165, 1.54) is 22.0 Å². The fourth-order valence-corrected chi connectivity index (χ4v) is 3.39. The van der Waals surface area contributed by atoms with Gasteiger partial charge in [-0.1, -0.05) is 6.07 Å². The lowest BCUT2D eigenvalue weighted by molar-refractivity contribution is -0.134. The van der Waals surface area contributed by atoms with Crippen LogP contribution in [0.5, 0.6) is 0 Å². The van der Waals surface area contributed by atoms with Gasteiger partial charge in [0.1, 0.15) is 6.61 Å². The van der Waals surface area contributed by atoms with Crippen molar-refractivity contribution in [3.05, 3.63) is 35.5 Å². The van der Waals surface area contributed by atoms with E-state index >= 15 is 0 Å². The first-order valence-corrected chi connectivity index (χ1v) is 8.40. The van der Waals surface area contributed by atoms with Gasteiger partial charge in [-0.15, -0.1) is 0 Å². The lowest BCUT2D eigenvalue weighted by Gasteiger charge is -2.32. The second-order valence-corrected chi connectivity index (χ2v) is 6.72. The Hall–Kier alpha value is -2.54. The van der Waals surface area contributed by atoms with E-state index in [-0.39, 0.29) is 12.1 Å². The molecule has 2 aliphatic rings. The zero-order valence-corrected chi connectivity index (χ0v) is 14.1. The van der Waals surface area contributed by atoms with Gasteiger partial charge in [-0.2, -0.15) is 0 Å². The minimum atomic E-state index is -0.833. The maximum Gasteiger partial charge on any atom is 0.407 e. The summed E-state index contributed by atoms with van der Waals surface area (Å²) in [5, 5.41) is 11.5. The number of hydrogen-bond acceptors (Lipinski definition) is 4. The van der Waals surface area contributed by atoms with Crippen LogP contribution in [-0.4, -0.2) is 40.8 Å². The normalized spacial score (nSPS) is 24.7. The van der Waals surface area contributed by atoms with Gasteiger partial charge in [-0.3, -0.25) is 4.79 Å². The molecule has 1 saturated carbocycles. The summed E-state index contributed by atoms with van der Waals surface area (Å²) in [6, 6.07) is 6.89. The van der Waals surface area contributed by atoms with Crippen molar-refractivity contribution in [2.45, 2.75) is 44.2 Å². The topological polar surface area (TPSA) is 117 Å². The standard InChI is InChI=1S/C16H19N3O2.C2H4O2/c17-11-5-10(6-11)14-7-18-15-2-1-9(4-13(14)15)3-12-8-21-16(20)19-12;1-2(3)4/h1-2,4,7,10-12,18H,3,5-6,8,17H2,(H,19,20);1H3,(H,3,4)/t10-,11+,12-;/m0./s1. The number of ether oxygens (including phenoxy) is 1. The van der Waals surface area contributed by atoms with Crippen LogP contribution in [0.3, 0.4) is 0 Å². The maximum absolute atomic E-state index is 11.1. The number of carbonyl (C=O) groups excluding carboxylic acids is 1. The number of rotatable bonds is 3. The van der Waals surface area contributed by atoms with E-state index in [0.717, 1.165) is 26.2 Å². The summed E-state index contributed by atoms with van der Waals surface area (Å²) in [6.07, 6.45) is 4.75. The van der Waals surface area contributed by atoms with Crippen LogP contribution in [0.2, 0.25) is 0 Å². The lowest BCUT2D eigenvalue weighted by atomic mass is 9.76. The summed E-state index contributed by atoms with van der Waals surface area (Å²) in [7, 11) is 0. The van der Waals surface area contributed by atoms with Crippen LogP contribution in [-0.2, 0) is 16.0 Å². The first-order valence-electron chi connectivity index (χ1n) is 8.40. The number of alkyl carbamates (subject to hydrolysis) is 1. The van der Waals surface area contributed by atoms with Gasteiger partial charge in [-0.25, -0.2) is 4.79 Å². The number of nitrogens with one attached hydrogen (secondary N) is 2. The Morgan fingerprint density at radius 1 is 1.40 bits per heavy atom. The molecule has 0 unspecified atom stereocenters. The molecule has 0 spiro atoms. The molecule has 1 amide bonds. The van der Waals surface area contributed by atoms with Crippen LogP contribution in [0.25, 0.3) is 10.9 Å². The third-order valence-electron chi connectivity index (χ3n) is 4.61. The Labute approximate surface area is 145 Å². The highest BCUT2D eigenvalue weighted by Crippen LogP contribution is 2.39. The van der Waals surface area contributed by atoms with Crippen LogP contribution in [0.15, 0.2) is 24.4 Å². The molecule has 0 radical (unpaired) electrons. The number of benzene rings is 1. The summed E-state index contributed by atoms with van der Waals surface area (Å²) in [6.45, 7) is 1.54. The summed E-state index contributed by atoms with van der Waals surface area (Å²) in [5.41, 5.74) is 9.67. The van der Waals surface area contributed by atoms with Crippen molar-refractivity contribution in [1.82, 2.24) is 10.3 Å². The van der Waals surface area contributed by atoms with Gasteiger partial charge < -0.3 is 25.9 Å². The quantitative estimate of drug-likeness (QED) is 0.680. The van der Waals surface area contributed by atoms with E-state index in [1.807, 2.05) is 0 Å². The number of carboxylic acids is 1. The third kappa shape index (κ3) is 4.11. The molecule has 25 heavy (non-hydrogen) atoms. The van der Waals surface area contributed by atoms with Gasteiger partial charge in [-0.05, 0) is 48.4 Å². The molecule has 1 saturated heterocycles. The van der Waals surface area contributed by atoms with E-state index in [1.54, 1.807) is 0 Å². The maximum atomic E-state index is 11.1. The van der Waals surface area contributed by atoms with E-state index in [0.29, 0.717) is 18.6 Å². The van der Waals surface area contributed by atoms with Gasteiger partial charge in [0, 0.05) is 30.1 Å². The molecule has 1 aromatic carbocycles. The first kappa shape index (κ1) is 17.3. The number of aliphatic carboxylic acids is 1. The molecule has 2 fully saturated rings. The Balaban J connectivity index is 0.000000415. The Morgan fingerprint density at radius 3 is 2.72 bits per heavy atom. The number of amides is 1. The molecule has 2 aromatic rings. The predicted octanol–water partition coefficient (Wildman–Crippen LogP) is 2.11. The van der Waals surface area contributed by atoms with Crippen molar-refractivity contribution >= 4 is 23.0 Å². The lowest BCUT2D eigenvalue weighted by Crippen LogP contribution is -2.34. The number of carboxylic acid groups (broad SMARTS) is 1. The second kappa shape index (κ2) is 7.14. The highest BCUT2D eigenvalue weighted by Gasteiger charge is 2.29. The molecule has 0 bridgehead atoms. The number of aromatic amines is 1. The Bertz CT molecular complexity index is 776. The van der Waals surface area contributed by atoms with Crippen LogP contribution >= 0.6 is 0 Å². The molecule has 1 atom stereocenters. The van der Waals surface area contributed by atoms with Gasteiger partial charge in [0.2, 0.25) is 0 Å². The molecule has 134 valence electrons. The molecule has 4 rings (SSSR count).